The molecule has 0 unspecified atom stereocenters. The second-order valence-electron chi connectivity index (χ2n) is 5.99. The molecule has 0 aromatic heterocycles. The lowest BCUT2D eigenvalue weighted by molar-refractivity contribution is -0.127. The zero-order chi connectivity index (χ0) is 18.5. The summed E-state index contributed by atoms with van der Waals surface area (Å²) in [7, 11) is 0. The molecule has 3 amide bonds. The Kier molecular flexibility index (Phi) is 5.68. The summed E-state index contributed by atoms with van der Waals surface area (Å²) in [6.45, 7) is 0.177. The normalized spacial score (nSPS) is 16.4. The maximum atomic E-state index is 12.3. The van der Waals surface area contributed by atoms with Gasteiger partial charge in [0.05, 0.1) is 18.2 Å². The van der Waals surface area contributed by atoms with Crippen molar-refractivity contribution in [3.8, 4) is 0 Å². The van der Waals surface area contributed by atoms with E-state index in [0.717, 1.165) is 10.2 Å². The van der Waals surface area contributed by atoms with Gasteiger partial charge in [0.15, 0.2) is 0 Å². The van der Waals surface area contributed by atoms with Crippen molar-refractivity contribution in [1.82, 2.24) is 5.32 Å². The fraction of sp³-hybridized carbons (Fsp3) is 0.211. The molecule has 1 atom stereocenters. The molecule has 2 aromatic carbocycles. The monoisotopic (exact) mass is 415 g/mol. The largest absolute Gasteiger partial charge is 0.347 e. The van der Waals surface area contributed by atoms with Gasteiger partial charge in [0.25, 0.3) is 0 Å². The fourth-order valence-corrected chi connectivity index (χ4v) is 3.19. The maximum Gasteiger partial charge on any atom is 0.243 e. The summed E-state index contributed by atoms with van der Waals surface area (Å²) in [5.41, 5.74) is 1.41. The molecule has 0 spiro atoms. The Morgan fingerprint density at radius 3 is 2.50 bits per heavy atom. The van der Waals surface area contributed by atoms with Crippen LogP contribution in [-0.2, 0) is 14.4 Å². The van der Waals surface area contributed by atoms with Gasteiger partial charge in [-0.3, -0.25) is 14.4 Å². The van der Waals surface area contributed by atoms with Crippen molar-refractivity contribution in [3.63, 3.8) is 0 Å². The van der Waals surface area contributed by atoms with E-state index in [0.29, 0.717) is 12.2 Å². The minimum absolute atomic E-state index is 0.0889. The van der Waals surface area contributed by atoms with E-state index in [9.17, 15) is 14.4 Å². The van der Waals surface area contributed by atoms with E-state index < -0.39 is 5.92 Å². The third-order valence-electron chi connectivity index (χ3n) is 4.13. The van der Waals surface area contributed by atoms with Gasteiger partial charge >= 0.3 is 0 Å². The zero-order valence-corrected chi connectivity index (χ0v) is 15.5. The predicted octanol–water partition coefficient (Wildman–Crippen LogP) is 2.56. The molecule has 1 fully saturated rings. The van der Waals surface area contributed by atoms with Crippen LogP contribution >= 0.6 is 15.9 Å². The Hall–Kier alpha value is -2.67. The summed E-state index contributed by atoms with van der Waals surface area (Å²) in [5.74, 6) is -1.17. The molecule has 134 valence electrons. The third kappa shape index (κ3) is 4.29. The number of halogens is 1. The van der Waals surface area contributed by atoms with Crippen LogP contribution in [-0.4, -0.2) is 30.8 Å². The lowest BCUT2D eigenvalue weighted by Gasteiger charge is -2.16. The van der Waals surface area contributed by atoms with Crippen LogP contribution < -0.4 is 15.5 Å². The minimum atomic E-state index is -0.459. The second kappa shape index (κ2) is 8.14. The maximum absolute atomic E-state index is 12.3. The summed E-state index contributed by atoms with van der Waals surface area (Å²) >= 11 is 3.35. The van der Waals surface area contributed by atoms with Gasteiger partial charge < -0.3 is 15.5 Å². The molecule has 0 saturated carbocycles. The summed E-state index contributed by atoms with van der Waals surface area (Å²) in [6, 6.07) is 16.5. The molecule has 6 nitrogen and oxygen atoms in total. The van der Waals surface area contributed by atoms with Crippen LogP contribution in [0.3, 0.4) is 0 Å². The van der Waals surface area contributed by atoms with Crippen molar-refractivity contribution in [1.29, 1.82) is 0 Å². The Morgan fingerprint density at radius 1 is 1.08 bits per heavy atom. The average molecular weight is 416 g/mol. The summed E-state index contributed by atoms with van der Waals surface area (Å²) < 4.78 is 0.763. The van der Waals surface area contributed by atoms with Crippen LogP contribution in [0.15, 0.2) is 59.1 Å². The zero-order valence-electron chi connectivity index (χ0n) is 13.9. The number of amides is 3. The molecule has 1 aliphatic rings. The number of rotatable bonds is 5. The molecule has 1 heterocycles. The van der Waals surface area contributed by atoms with Crippen molar-refractivity contribution >= 4 is 45.0 Å². The van der Waals surface area contributed by atoms with Gasteiger partial charge in [-0.05, 0) is 40.2 Å². The Balaban J connectivity index is 1.52. The minimum Gasteiger partial charge on any atom is -0.347 e. The number of hydrogen-bond donors (Lipinski definition) is 2. The standard InChI is InChI=1S/C19H18BrN3O3/c20-15-8-4-5-9-16(15)22-17(24)11-21-19(26)13-10-18(25)23(12-13)14-6-2-1-3-7-14/h1-9,13H,10-12H2,(H,21,26)(H,22,24)/t13-/m0/s1. The van der Waals surface area contributed by atoms with E-state index in [1.807, 2.05) is 42.5 Å². The molecule has 1 aliphatic heterocycles. The van der Waals surface area contributed by atoms with E-state index >= 15 is 0 Å². The number of carbonyl (C=O) groups is 3. The average Bonchev–Trinajstić information content (AvgIpc) is 3.04. The first kappa shape index (κ1) is 18.1. The number of hydrogen-bond acceptors (Lipinski definition) is 3. The van der Waals surface area contributed by atoms with Crippen molar-refractivity contribution in [2.24, 2.45) is 5.92 Å². The molecule has 26 heavy (non-hydrogen) atoms. The van der Waals surface area contributed by atoms with Gasteiger partial charge in [-0.15, -0.1) is 0 Å². The molecular weight excluding hydrogens is 398 g/mol. The molecule has 0 radical (unpaired) electrons. The summed E-state index contributed by atoms with van der Waals surface area (Å²) in [5, 5.41) is 5.33. The van der Waals surface area contributed by atoms with Crippen molar-refractivity contribution in [2.45, 2.75) is 6.42 Å². The molecular formula is C19H18BrN3O3. The Morgan fingerprint density at radius 2 is 1.77 bits per heavy atom. The van der Waals surface area contributed by atoms with E-state index in [1.54, 1.807) is 17.0 Å². The number of nitrogens with zero attached hydrogens (tertiary/aromatic N) is 1. The summed E-state index contributed by atoms with van der Waals surface area (Å²) in [4.78, 5) is 38.1. The van der Waals surface area contributed by atoms with Crippen LogP contribution in [0.25, 0.3) is 0 Å². The van der Waals surface area contributed by atoms with E-state index in [-0.39, 0.29) is 30.7 Å². The lowest BCUT2D eigenvalue weighted by Crippen LogP contribution is -2.38. The number of benzene rings is 2. The van der Waals surface area contributed by atoms with Crippen LogP contribution in [0.5, 0.6) is 0 Å². The molecule has 0 bridgehead atoms. The highest BCUT2D eigenvalue weighted by molar-refractivity contribution is 9.10. The highest BCUT2D eigenvalue weighted by Crippen LogP contribution is 2.25. The van der Waals surface area contributed by atoms with Crippen molar-refractivity contribution in [2.75, 3.05) is 23.3 Å². The SMILES string of the molecule is O=C(CNC(=O)[C@H]1CC(=O)N(c2ccccc2)C1)Nc1ccccc1Br. The van der Waals surface area contributed by atoms with E-state index in [2.05, 4.69) is 26.6 Å². The van der Waals surface area contributed by atoms with E-state index in [4.69, 9.17) is 0 Å². The van der Waals surface area contributed by atoms with Crippen LogP contribution in [0, 0.1) is 5.92 Å². The fourth-order valence-electron chi connectivity index (χ4n) is 2.81. The van der Waals surface area contributed by atoms with Gasteiger partial charge in [0.1, 0.15) is 0 Å². The van der Waals surface area contributed by atoms with Crippen LogP contribution in [0.1, 0.15) is 6.42 Å². The molecule has 2 N–H and O–H groups in total. The van der Waals surface area contributed by atoms with Gasteiger partial charge in [0.2, 0.25) is 17.7 Å². The highest BCUT2D eigenvalue weighted by atomic mass is 79.9. The first-order chi connectivity index (χ1) is 12.5. The van der Waals surface area contributed by atoms with E-state index in [1.165, 1.54) is 0 Å². The molecule has 3 rings (SSSR count). The predicted molar refractivity (Wildman–Crippen MR) is 103 cm³/mol. The van der Waals surface area contributed by atoms with Crippen molar-refractivity contribution < 1.29 is 14.4 Å². The molecule has 7 heteroatoms. The van der Waals surface area contributed by atoms with Crippen LogP contribution in [0.2, 0.25) is 0 Å². The molecule has 1 saturated heterocycles. The highest BCUT2D eigenvalue weighted by Gasteiger charge is 2.35. The van der Waals surface area contributed by atoms with Gasteiger partial charge in [-0.1, -0.05) is 30.3 Å². The molecule has 0 aliphatic carbocycles. The number of nitrogens with one attached hydrogen (secondary N) is 2. The lowest BCUT2D eigenvalue weighted by atomic mass is 10.1. The first-order valence-electron chi connectivity index (χ1n) is 8.22. The quantitative estimate of drug-likeness (QED) is 0.787. The number of anilines is 2. The van der Waals surface area contributed by atoms with Gasteiger partial charge in [-0.2, -0.15) is 0 Å². The Bertz CT molecular complexity index is 826. The van der Waals surface area contributed by atoms with Gasteiger partial charge in [0, 0.05) is 23.1 Å². The molecule has 2 aromatic rings. The second-order valence-corrected chi connectivity index (χ2v) is 6.84. The van der Waals surface area contributed by atoms with Crippen molar-refractivity contribution in [3.05, 3.63) is 59.1 Å². The topological polar surface area (TPSA) is 78.5 Å². The third-order valence-corrected chi connectivity index (χ3v) is 4.83. The van der Waals surface area contributed by atoms with Gasteiger partial charge in [-0.25, -0.2) is 0 Å². The smallest absolute Gasteiger partial charge is 0.243 e. The first-order valence-corrected chi connectivity index (χ1v) is 9.01. The van der Waals surface area contributed by atoms with Crippen LogP contribution in [0.4, 0.5) is 11.4 Å². The Labute approximate surface area is 159 Å². The number of carbonyl (C=O) groups excluding carboxylic acids is 3. The summed E-state index contributed by atoms with van der Waals surface area (Å²) in [6.07, 6.45) is 0.145. The number of para-hydroxylation sites is 2.